The Morgan fingerprint density at radius 3 is 2.19 bits per heavy atom. The van der Waals surface area contributed by atoms with E-state index in [2.05, 4.69) is 4.98 Å². The maximum atomic E-state index is 14.0. The molecule has 190 valence electrons. The number of rotatable bonds is 5. The molecule has 0 N–H and O–H groups in total. The van der Waals surface area contributed by atoms with E-state index in [-0.39, 0.29) is 34.6 Å². The number of likely N-dealkylation sites (tertiary alicyclic amines) is 1. The zero-order valence-corrected chi connectivity index (χ0v) is 20.0. The molecule has 6 rings (SSSR count). The van der Waals surface area contributed by atoms with Gasteiger partial charge in [-0.3, -0.25) is 4.79 Å². The number of alkyl halides is 3. The smallest absolute Gasteiger partial charge is 0.342 e. The summed E-state index contributed by atoms with van der Waals surface area (Å²) in [5, 5.41) is 0. The quantitative estimate of drug-likeness (QED) is 0.279. The molecular weight excluding hydrogens is 482 g/mol. The molecule has 0 bridgehead atoms. The van der Waals surface area contributed by atoms with Crippen LogP contribution in [0.3, 0.4) is 0 Å². The minimum absolute atomic E-state index is 0.0404. The van der Waals surface area contributed by atoms with Crippen molar-refractivity contribution in [1.82, 2.24) is 14.5 Å². The van der Waals surface area contributed by atoms with Crippen LogP contribution in [0.4, 0.5) is 17.6 Å². The van der Waals surface area contributed by atoms with Crippen LogP contribution in [0.15, 0.2) is 66.7 Å². The fourth-order valence-electron chi connectivity index (χ4n) is 5.30. The third kappa shape index (κ3) is 4.61. The van der Waals surface area contributed by atoms with Gasteiger partial charge in [-0.1, -0.05) is 42.5 Å². The highest BCUT2D eigenvalue weighted by Gasteiger charge is 2.38. The monoisotopic (exact) mass is 507 g/mol. The maximum absolute atomic E-state index is 14.0. The zero-order valence-electron chi connectivity index (χ0n) is 20.0. The summed E-state index contributed by atoms with van der Waals surface area (Å²) in [6, 6.07) is 17.6. The second-order valence-corrected chi connectivity index (χ2v) is 10.0. The van der Waals surface area contributed by atoms with Gasteiger partial charge in [0.15, 0.2) is 0 Å². The van der Waals surface area contributed by atoms with Gasteiger partial charge in [-0.05, 0) is 60.6 Å². The molecule has 8 heteroatoms. The van der Waals surface area contributed by atoms with Crippen molar-refractivity contribution in [3.8, 4) is 22.5 Å². The highest BCUT2D eigenvalue weighted by molar-refractivity contribution is 5.85. The van der Waals surface area contributed by atoms with E-state index in [4.69, 9.17) is 0 Å². The highest BCUT2D eigenvalue weighted by atomic mass is 19.4. The topological polar surface area (TPSA) is 38.1 Å². The first-order valence-electron chi connectivity index (χ1n) is 12.5. The van der Waals surface area contributed by atoms with E-state index in [1.807, 2.05) is 29.2 Å². The van der Waals surface area contributed by atoms with Gasteiger partial charge in [0.05, 0.1) is 16.6 Å². The average Bonchev–Trinajstić information content (AvgIpc) is 3.53. The van der Waals surface area contributed by atoms with E-state index in [0.29, 0.717) is 31.0 Å². The van der Waals surface area contributed by atoms with E-state index in [1.165, 1.54) is 18.2 Å². The molecule has 1 saturated carbocycles. The van der Waals surface area contributed by atoms with Crippen LogP contribution in [0.25, 0.3) is 33.5 Å². The van der Waals surface area contributed by atoms with Crippen molar-refractivity contribution in [2.45, 2.75) is 32.0 Å². The molecule has 1 saturated heterocycles. The Kier molecular flexibility index (Phi) is 5.77. The molecule has 0 radical (unpaired) electrons. The molecule has 2 heterocycles. The van der Waals surface area contributed by atoms with E-state index >= 15 is 0 Å². The van der Waals surface area contributed by atoms with Gasteiger partial charge in [0, 0.05) is 31.1 Å². The van der Waals surface area contributed by atoms with Gasteiger partial charge in [-0.2, -0.15) is 13.2 Å². The molecule has 3 aromatic carbocycles. The number of hydrogen-bond acceptors (Lipinski definition) is 2. The van der Waals surface area contributed by atoms with Crippen molar-refractivity contribution >= 4 is 16.9 Å². The number of aromatic nitrogens is 2. The van der Waals surface area contributed by atoms with Gasteiger partial charge in [-0.15, -0.1) is 0 Å². The Bertz CT molecular complexity index is 1450. The summed E-state index contributed by atoms with van der Waals surface area (Å²) in [7, 11) is 0. The molecule has 1 aliphatic carbocycles. The summed E-state index contributed by atoms with van der Waals surface area (Å²) in [6.45, 7) is 1.53. The minimum atomic E-state index is -4.52. The van der Waals surface area contributed by atoms with Crippen molar-refractivity contribution < 1.29 is 22.4 Å². The number of halogens is 4. The fourth-order valence-corrected chi connectivity index (χ4v) is 5.30. The van der Waals surface area contributed by atoms with Gasteiger partial charge in [-0.25, -0.2) is 9.37 Å². The molecule has 1 aliphatic heterocycles. The van der Waals surface area contributed by atoms with E-state index in [1.54, 1.807) is 22.8 Å². The number of carbonyl (C=O) groups excluding carboxylic acids is 1. The Balaban J connectivity index is 1.38. The standard InChI is InChI=1S/C29H25F4N3O/c30-23-12-10-20(11-13-23)19-4-6-21(7-5-19)27-34-25-3-1-2-24(29(31,32)33)26(25)36(27)17-18-14-15-35(16-18)28(37)22-8-9-22/h1-7,10-13,18,22H,8-9,14-17H2. The molecule has 37 heavy (non-hydrogen) atoms. The maximum Gasteiger partial charge on any atom is 0.418 e. The first kappa shape index (κ1) is 23.7. The zero-order chi connectivity index (χ0) is 25.7. The van der Waals surface area contributed by atoms with Crippen molar-refractivity contribution in [2.24, 2.45) is 11.8 Å². The van der Waals surface area contributed by atoms with Gasteiger partial charge in [0.1, 0.15) is 11.6 Å². The molecular formula is C29H25F4N3O. The lowest BCUT2D eigenvalue weighted by molar-refractivity contribution is -0.136. The van der Waals surface area contributed by atoms with Gasteiger partial charge >= 0.3 is 6.18 Å². The largest absolute Gasteiger partial charge is 0.418 e. The van der Waals surface area contributed by atoms with Crippen LogP contribution in [-0.2, 0) is 17.5 Å². The predicted molar refractivity (Wildman–Crippen MR) is 133 cm³/mol. The lowest BCUT2D eigenvalue weighted by Gasteiger charge is -2.19. The molecule has 4 aromatic rings. The Morgan fingerprint density at radius 1 is 0.892 bits per heavy atom. The van der Waals surface area contributed by atoms with E-state index < -0.39 is 11.7 Å². The van der Waals surface area contributed by atoms with Gasteiger partial charge in [0.25, 0.3) is 0 Å². The average molecular weight is 508 g/mol. The number of para-hydroxylation sites is 1. The molecule has 0 spiro atoms. The number of imidazole rings is 1. The number of fused-ring (bicyclic) bond motifs is 1. The molecule has 2 aliphatic rings. The van der Waals surface area contributed by atoms with Crippen LogP contribution in [0, 0.1) is 17.7 Å². The van der Waals surface area contributed by atoms with Gasteiger partial charge in [0.2, 0.25) is 5.91 Å². The second kappa shape index (κ2) is 9.01. The lowest BCUT2D eigenvalue weighted by Crippen LogP contribution is -2.30. The molecule has 1 atom stereocenters. The normalized spacial score (nSPS) is 18.1. The second-order valence-electron chi connectivity index (χ2n) is 10.0. The Labute approximate surface area is 211 Å². The van der Waals surface area contributed by atoms with Crippen LogP contribution in [0.1, 0.15) is 24.8 Å². The van der Waals surface area contributed by atoms with Crippen LogP contribution < -0.4 is 0 Å². The SMILES string of the molecule is O=C(C1CC1)N1CCC(Cn2c(-c3ccc(-c4ccc(F)cc4)cc3)nc3cccc(C(F)(F)F)c32)C1. The van der Waals surface area contributed by atoms with Crippen molar-refractivity contribution in [3.63, 3.8) is 0 Å². The summed E-state index contributed by atoms with van der Waals surface area (Å²) in [4.78, 5) is 19.0. The summed E-state index contributed by atoms with van der Waals surface area (Å²) in [6.07, 6.45) is -1.92. The third-order valence-electron chi connectivity index (χ3n) is 7.36. The van der Waals surface area contributed by atoms with Gasteiger partial charge < -0.3 is 9.47 Å². The Morgan fingerprint density at radius 2 is 1.54 bits per heavy atom. The molecule has 1 aromatic heterocycles. The predicted octanol–water partition coefficient (Wildman–Crippen LogP) is 6.79. The van der Waals surface area contributed by atoms with Crippen molar-refractivity contribution in [1.29, 1.82) is 0 Å². The number of hydrogen-bond donors (Lipinski definition) is 0. The summed E-state index contributed by atoms with van der Waals surface area (Å²) in [5.74, 6) is 0.479. The third-order valence-corrected chi connectivity index (χ3v) is 7.36. The van der Waals surface area contributed by atoms with E-state index in [0.717, 1.165) is 36.5 Å². The minimum Gasteiger partial charge on any atom is -0.342 e. The van der Waals surface area contributed by atoms with Crippen LogP contribution in [-0.4, -0.2) is 33.4 Å². The number of nitrogens with zero attached hydrogens (tertiary/aromatic N) is 3. The molecule has 4 nitrogen and oxygen atoms in total. The van der Waals surface area contributed by atoms with Crippen LogP contribution in [0.2, 0.25) is 0 Å². The molecule has 1 amide bonds. The summed E-state index contributed by atoms with van der Waals surface area (Å²) >= 11 is 0. The lowest BCUT2D eigenvalue weighted by atomic mass is 10.0. The van der Waals surface area contributed by atoms with Crippen LogP contribution in [0.5, 0.6) is 0 Å². The first-order valence-corrected chi connectivity index (χ1v) is 12.5. The van der Waals surface area contributed by atoms with E-state index in [9.17, 15) is 22.4 Å². The van der Waals surface area contributed by atoms with Crippen molar-refractivity contribution in [2.75, 3.05) is 13.1 Å². The van der Waals surface area contributed by atoms with Crippen LogP contribution >= 0.6 is 0 Å². The Hall–Kier alpha value is -3.68. The number of carbonyl (C=O) groups is 1. The highest BCUT2D eigenvalue weighted by Crippen LogP contribution is 2.39. The first-order chi connectivity index (χ1) is 17.8. The molecule has 1 unspecified atom stereocenters. The molecule has 2 fully saturated rings. The number of amides is 1. The summed E-state index contributed by atoms with van der Waals surface area (Å²) in [5.41, 5.74) is 2.05. The fraction of sp³-hybridized carbons (Fsp3) is 0.310. The number of benzene rings is 3. The van der Waals surface area contributed by atoms with Crippen molar-refractivity contribution in [3.05, 3.63) is 78.1 Å². The summed E-state index contributed by atoms with van der Waals surface area (Å²) < 4.78 is 57.1.